The zero-order chi connectivity index (χ0) is 13.8. The highest BCUT2D eigenvalue weighted by Crippen LogP contribution is 2.17. The van der Waals surface area contributed by atoms with Crippen LogP contribution in [-0.2, 0) is 0 Å². The zero-order valence-electron chi connectivity index (χ0n) is 10.5. The highest BCUT2D eigenvalue weighted by molar-refractivity contribution is 6.30. The molecule has 0 saturated heterocycles. The summed E-state index contributed by atoms with van der Waals surface area (Å²) in [6.45, 7) is 0. The van der Waals surface area contributed by atoms with Crippen LogP contribution in [0.2, 0.25) is 5.02 Å². The van der Waals surface area contributed by atoms with E-state index >= 15 is 0 Å². The van der Waals surface area contributed by atoms with Crippen molar-refractivity contribution in [2.45, 2.75) is 0 Å². The van der Waals surface area contributed by atoms with Crippen molar-refractivity contribution in [1.29, 1.82) is 0 Å². The van der Waals surface area contributed by atoms with E-state index in [4.69, 9.17) is 11.6 Å². The van der Waals surface area contributed by atoms with Crippen LogP contribution in [0.1, 0.15) is 0 Å². The Kier molecular flexibility index (Phi) is 3.56. The van der Waals surface area contributed by atoms with E-state index in [1.54, 1.807) is 12.1 Å². The van der Waals surface area contributed by atoms with Gasteiger partial charge in [-0.15, -0.1) is 5.11 Å². The third-order valence-electron chi connectivity index (χ3n) is 2.76. The molecule has 0 fully saturated rings. The number of anilines is 1. The molecule has 0 saturated carbocycles. The van der Waals surface area contributed by atoms with Gasteiger partial charge in [0.05, 0.1) is 11.2 Å². The molecule has 2 aromatic carbocycles. The fraction of sp³-hybridized carbons (Fsp3) is 0. The van der Waals surface area contributed by atoms with Crippen LogP contribution in [0.3, 0.4) is 0 Å². The third kappa shape index (κ3) is 2.92. The van der Waals surface area contributed by atoms with Crippen LogP contribution in [-0.4, -0.2) is 4.98 Å². The molecule has 5 heteroatoms. The molecule has 3 rings (SSSR count). The monoisotopic (exact) mass is 282 g/mol. The van der Waals surface area contributed by atoms with Crippen molar-refractivity contribution in [2.75, 3.05) is 5.43 Å². The first-order valence-electron chi connectivity index (χ1n) is 6.09. The van der Waals surface area contributed by atoms with Crippen LogP contribution in [0.4, 0.5) is 11.5 Å². The van der Waals surface area contributed by atoms with Crippen molar-refractivity contribution in [2.24, 2.45) is 10.3 Å². The summed E-state index contributed by atoms with van der Waals surface area (Å²) in [7, 11) is 0. The van der Waals surface area contributed by atoms with Crippen LogP contribution < -0.4 is 5.43 Å². The molecule has 0 atom stereocenters. The zero-order valence-corrected chi connectivity index (χ0v) is 11.2. The predicted molar refractivity (Wildman–Crippen MR) is 81.3 cm³/mol. The molecule has 3 aromatic rings. The molecule has 1 aromatic heterocycles. The number of nitrogens with zero attached hydrogens (tertiary/aromatic N) is 3. The molecule has 20 heavy (non-hydrogen) atoms. The fourth-order valence-electron chi connectivity index (χ4n) is 1.77. The van der Waals surface area contributed by atoms with Gasteiger partial charge in [0, 0.05) is 10.4 Å². The number of benzene rings is 2. The molecule has 4 nitrogen and oxygen atoms in total. The summed E-state index contributed by atoms with van der Waals surface area (Å²) >= 11 is 5.81. The summed E-state index contributed by atoms with van der Waals surface area (Å²) in [5.41, 5.74) is 4.55. The van der Waals surface area contributed by atoms with Gasteiger partial charge in [-0.2, -0.15) is 0 Å². The smallest absolute Gasteiger partial charge is 0.176 e. The molecular weight excluding hydrogens is 272 g/mol. The lowest BCUT2D eigenvalue weighted by Gasteiger charge is -1.99. The van der Waals surface area contributed by atoms with E-state index in [1.165, 1.54) is 0 Å². The molecule has 0 amide bonds. The number of hydrogen-bond donors (Lipinski definition) is 1. The van der Waals surface area contributed by atoms with Crippen molar-refractivity contribution in [3.63, 3.8) is 0 Å². The number of fused-ring (bicyclic) bond motifs is 1. The minimum atomic E-state index is 0.560. The molecule has 0 spiro atoms. The lowest BCUT2D eigenvalue weighted by molar-refractivity contribution is 1.10. The number of pyridine rings is 1. The standard InChI is InChI=1S/C15H11ClN4/c16-12-6-8-13(9-7-12)18-20-19-15-10-5-11-3-1-2-4-14(11)17-15/h1-10H,(H,17,18,19). The van der Waals surface area contributed by atoms with Gasteiger partial charge in [0.2, 0.25) is 0 Å². The van der Waals surface area contributed by atoms with Crippen LogP contribution in [0.25, 0.3) is 10.9 Å². The highest BCUT2D eigenvalue weighted by Gasteiger charge is 1.96. The summed E-state index contributed by atoms with van der Waals surface area (Å²) in [6.07, 6.45) is 0. The molecule has 0 bridgehead atoms. The Bertz CT molecular complexity index is 753. The lowest BCUT2D eigenvalue weighted by atomic mass is 10.2. The first kappa shape index (κ1) is 12.6. The second kappa shape index (κ2) is 5.67. The van der Waals surface area contributed by atoms with Gasteiger partial charge in [-0.1, -0.05) is 35.0 Å². The van der Waals surface area contributed by atoms with Crippen molar-refractivity contribution in [3.05, 3.63) is 65.7 Å². The normalized spacial score (nSPS) is 11.1. The van der Waals surface area contributed by atoms with Crippen LogP contribution in [0.5, 0.6) is 0 Å². The second-order valence-electron chi connectivity index (χ2n) is 4.18. The van der Waals surface area contributed by atoms with E-state index in [9.17, 15) is 0 Å². The summed E-state index contributed by atoms with van der Waals surface area (Å²) in [6, 6.07) is 18.9. The summed E-state index contributed by atoms with van der Waals surface area (Å²) < 4.78 is 0. The second-order valence-corrected chi connectivity index (χ2v) is 4.62. The molecule has 0 aliphatic carbocycles. The quantitative estimate of drug-likeness (QED) is 0.543. The van der Waals surface area contributed by atoms with Crippen molar-refractivity contribution in [1.82, 2.24) is 4.98 Å². The Labute approximate surface area is 121 Å². The Balaban J connectivity index is 1.75. The highest BCUT2D eigenvalue weighted by atomic mass is 35.5. The molecule has 98 valence electrons. The topological polar surface area (TPSA) is 49.6 Å². The third-order valence-corrected chi connectivity index (χ3v) is 3.01. The average Bonchev–Trinajstić information content (AvgIpc) is 2.49. The largest absolute Gasteiger partial charge is 0.260 e. The maximum Gasteiger partial charge on any atom is 0.176 e. The van der Waals surface area contributed by atoms with E-state index in [0.29, 0.717) is 10.8 Å². The maximum atomic E-state index is 5.81. The van der Waals surface area contributed by atoms with E-state index in [0.717, 1.165) is 16.6 Å². The SMILES string of the molecule is Clc1ccc(NN=Nc2ccc3ccccc3n2)cc1. The first-order chi connectivity index (χ1) is 9.81. The summed E-state index contributed by atoms with van der Waals surface area (Å²) in [4.78, 5) is 4.40. The minimum absolute atomic E-state index is 0.560. The number of rotatable bonds is 3. The van der Waals surface area contributed by atoms with E-state index < -0.39 is 0 Å². The summed E-state index contributed by atoms with van der Waals surface area (Å²) in [5.74, 6) is 0.560. The van der Waals surface area contributed by atoms with Crippen LogP contribution in [0, 0.1) is 0 Å². The Hall–Kier alpha value is -2.46. The van der Waals surface area contributed by atoms with Crippen LogP contribution in [0.15, 0.2) is 71.0 Å². The fourth-order valence-corrected chi connectivity index (χ4v) is 1.90. The van der Waals surface area contributed by atoms with Gasteiger partial charge in [-0.3, -0.25) is 5.43 Å². The van der Waals surface area contributed by atoms with E-state index in [2.05, 4.69) is 20.7 Å². The number of para-hydroxylation sites is 1. The lowest BCUT2D eigenvalue weighted by Crippen LogP contribution is -1.85. The van der Waals surface area contributed by atoms with Gasteiger partial charge < -0.3 is 0 Å². The summed E-state index contributed by atoms with van der Waals surface area (Å²) in [5, 5.41) is 9.73. The van der Waals surface area contributed by atoms with Gasteiger partial charge in [-0.05, 0) is 42.5 Å². The van der Waals surface area contributed by atoms with Gasteiger partial charge in [0.15, 0.2) is 5.82 Å². The Morgan fingerprint density at radius 1 is 0.900 bits per heavy atom. The van der Waals surface area contributed by atoms with Gasteiger partial charge >= 0.3 is 0 Å². The molecule has 0 aliphatic heterocycles. The van der Waals surface area contributed by atoms with Gasteiger partial charge in [-0.25, -0.2) is 4.98 Å². The maximum absolute atomic E-state index is 5.81. The van der Waals surface area contributed by atoms with E-state index in [1.807, 2.05) is 48.5 Å². The van der Waals surface area contributed by atoms with Crippen molar-refractivity contribution in [3.8, 4) is 0 Å². The molecule has 0 radical (unpaired) electrons. The number of halogens is 1. The Morgan fingerprint density at radius 2 is 1.70 bits per heavy atom. The molecule has 0 aliphatic rings. The number of hydrogen-bond acceptors (Lipinski definition) is 3. The minimum Gasteiger partial charge on any atom is -0.260 e. The molecule has 0 unspecified atom stereocenters. The van der Waals surface area contributed by atoms with Crippen molar-refractivity contribution < 1.29 is 0 Å². The van der Waals surface area contributed by atoms with Gasteiger partial charge in [0.25, 0.3) is 0 Å². The molecular formula is C15H11ClN4. The predicted octanol–water partition coefficient (Wildman–Crippen LogP) is 5.00. The van der Waals surface area contributed by atoms with E-state index in [-0.39, 0.29) is 0 Å². The van der Waals surface area contributed by atoms with Crippen molar-refractivity contribution >= 4 is 34.0 Å². The first-order valence-corrected chi connectivity index (χ1v) is 6.47. The Morgan fingerprint density at radius 3 is 2.55 bits per heavy atom. The number of aromatic nitrogens is 1. The van der Waals surface area contributed by atoms with Gasteiger partial charge in [0.1, 0.15) is 0 Å². The van der Waals surface area contributed by atoms with Crippen LogP contribution >= 0.6 is 11.6 Å². The molecule has 1 heterocycles. The molecule has 1 N–H and O–H groups in total. The average molecular weight is 283 g/mol. The number of nitrogens with one attached hydrogen (secondary N) is 1.